The molecule has 1 heterocycles. The molecule has 2 rings (SSSR count). The van der Waals surface area contributed by atoms with Crippen molar-refractivity contribution in [3.63, 3.8) is 0 Å². The average Bonchev–Trinajstić information content (AvgIpc) is 2.45. The van der Waals surface area contributed by atoms with Crippen LogP contribution in [0.4, 0.5) is 0 Å². The zero-order valence-corrected chi connectivity index (χ0v) is 12.5. The number of methoxy groups -OCH3 is 1. The summed E-state index contributed by atoms with van der Waals surface area (Å²) in [5.41, 5.74) is 1.60. The maximum absolute atomic E-state index is 10.2. The fourth-order valence-electron chi connectivity index (χ4n) is 2.61. The van der Waals surface area contributed by atoms with Crippen molar-refractivity contribution in [1.29, 1.82) is 0 Å². The molecule has 0 bridgehead atoms. The molecule has 0 aliphatic heterocycles. The van der Waals surface area contributed by atoms with Crippen molar-refractivity contribution in [3.05, 3.63) is 29.5 Å². The van der Waals surface area contributed by atoms with Gasteiger partial charge in [0.05, 0.1) is 18.9 Å². The highest BCUT2D eigenvalue weighted by molar-refractivity contribution is 5.27. The lowest BCUT2D eigenvalue weighted by atomic mass is 9.83. The maximum atomic E-state index is 10.2. The summed E-state index contributed by atoms with van der Waals surface area (Å²) in [5.74, 6) is 1.30. The van der Waals surface area contributed by atoms with Crippen LogP contribution in [0, 0.1) is 0 Å². The quantitative estimate of drug-likeness (QED) is 0.840. The van der Waals surface area contributed by atoms with Crippen LogP contribution in [0.5, 0.6) is 11.6 Å². The van der Waals surface area contributed by atoms with E-state index in [0.29, 0.717) is 12.5 Å². The van der Waals surface area contributed by atoms with Crippen LogP contribution in [-0.4, -0.2) is 29.4 Å². The highest BCUT2D eigenvalue weighted by atomic mass is 16.5. The summed E-state index contributed by atoms with van der Waals surface area (Å²) in [5, 5.41) is 10.2. The minimum Gasteiger partial charge on any atom is -0.488 e. The predicted molar refractivity (Wildman–Crippen MR) is 78.1 cm³/mol. The standard InChI is InChI=1S/C16H23NO3/c1-16(2,18)14-7-5-4-6-12(14)11-20-13-8-9-15(19-3)17-10-13/h8-10,18H,4-7,11H2,1-3H3. The molecule has 1 aromatic rings. The Kier molecular flexibility index (Phi) is 4.65. The highest BCUT2D eigenvalue weighted by Crippen LogP contribution is 2.32. The van der Waals surface area contributed by atoms with E-state index < -0.39 is 5.60 Å². The van der Waals surface area contributed by atoms with Crippen LogP contribution in [0.3, 0.4) is 0 Å². The van der Waals surface area contributed by atoms with Crippen LogP contribution >= 0.6 is 0 Å². The number of nitrogens with zero attached hydrogens (tertiary/aromatic N) is 1. The molecule has 1 aliphatic carbocycles. The number of pyridine rings is 1. The number of aliphatic hydroxyl groups is 1. The minimum atomic E-state index is -0.753. The molecule has 0 saturated carbocycles. The van der Waals surface area contributed by atoms with Gasteiger partial charge in [-0.2, -0.15) is 0 Å². The van der Waals surface area contributed by atoms with E-state index in [1.54, 1.807) is 19.4 Å². The molecular formula is C16H23NO3. The van der Waals surface area contributed by atoms with Crippen LogP contribution in [0.15, 0.2) is 29.5 Å². The average molecular weight is 277 g/mol. The van der Waals surface area contributed by atoms with E-state index in [9.17, 15) is 5.11 Å². The van der Waals surface area contributed by atoms with Gasteiger partial charge in [0, 0.05) is 6.07 Å². The lowest BCUT2D eigenvalue weighted by Gasteiger charge is -2.29. The monoisotopic (exact) mass is 277 g/mol. The van der Waals surface area contributed by atoms with Crippen LogP contribution < -0.4 is 9.47 Å². The first-order valence-electron chi connectivity index (χ1n) is 7.07. The first-order chi connectivity index (χ1) is 9.50. The van der Waals surface area contributed by atoms with Gasteiger partial charge in [-0.1, -0.05) is 0 Å². The van der Waals surface area contributed by atoms with Crippen LogP contribution in [-0.2, 0) is 0 Å². The fourth-order valence-corrected chi connectivity index (χ4v) is 2.61. The third-order valence-electron chi connectivity index (χ3n) is 3.65. The van der Waals surface area contributed by atoms with Crippen LogP contribution in [0.25, 0.3) is 0 Å². The molecule has 0 spiro atoms. The third-order valence-corrected chi connectivity index (χ3v) is 3.65. The van der Waals surface area contributed by atoms with Gasteiger partial charge in [0.25, 0.3) is 0 Å². The first kappa shape index (κ1) is 14.9. The molecule has 0 atom stereocenters. The van der Waals surface area contributed by atoms with Gasteiger partial charge in [0.1, 0.15) is 12.4 Å². The summed E-state index contributed by atoms with van der Waals surface area (Å²) in [7, 11) is 1.59. The number of ether oxygens (including phenoxy) is 2. The Morgan fingerprint density at radius 3 is 2.60 bits per heavy atom. The zero-order chi connectivity index (χ0) is 14.6. The third kappa shape index (κ3) is 3.73. The van der Waals surface area contributed by atoms with Crippen molar-refractivity contribution in [2.45, 2.75) is 45.1 Å². The smallest absolute Gasteiger partial charge is 0.213 e. The number of rotatable bonds is 5. The van der Waals surface area contributed by atoms with Crippen molar-refractivity contribution in [2.75, 3.05) is 13.7 Å². The SMILES string of the molecule is COc1ccc(OCC2=C(C(C)(C)O)CCCC2)cn1. The van der Waals surface area contributed by atoms with E-state index in [0.717, 1.165) is 30.6 Å². The first-order valence-corrected chi connectivity index (χ1v) is 7.07. The van der Waals surface area contributed by atoms with E-state index in [-0.39, 0.29) is 0 Å². The van der Waals surface area contributed by atoms with E-state index >= 15 is 0 Å². The predicted octanol–water partition coefficient (Wildman–Crippen LogP) is 3.11. The van der Waals surface area contributed by atoms with Crippen molar-refractivity contribution in [3.8, 4) is 11.6 Å². The van der Waals surface area contributed by atoms with Gasteiger partial charge in [0.15, 0.2) is 0 Å². The van der Waals surface area contributed by atoms with E-state index in [4.69, 9.17) is 9.47 Å². The zero-order valence-electron chi connectivity index (χ0n) is 12.5. The molecular weight excluding hydrogens is 254 g/mol. The van der Waals surface area contributed by atoms with Gasteiger partial charge in [0.2, 0.25) is 5.88 Å². The van der Waals surface area contributed by atoms with Crippen LogP contribution in [0.1, 0.15) is 39.5 Å². The van der Waals surface area contributed by atoms with Crippen molar-refractivity contribution >= 4 is 0 Å². The number of aromatic nitrogens is 1. The summed E-state index contributed by atoms with van der Waals surface area (Å²) in [4.78, 5) is 4.12. The van der Waals surface area contributed by atoms with Gasteiger partial charge in [-0.25, -0.2) is 4.98 Å². The molecule has 0 fully saturated rings. The number of hydrogen-bond donors (Lipinski definition) is 1. The molecule has 1 aliphatic rings. The lowest BCUT2D eigenvalue weighted by Crippen LogP contribution is -2.26. The Hall–Kier alpha value is -1.55. The Bertz CT molecular complexity index is 471. The Labute approximate surface area is 120 Å². The Morgan fingerprint density at radius 2 is 2.00 bits per heavy atom. The normalized spacial score (nSPS) is 16.2. The lowest BCUT2D eigenvalue weighted by molar-refractivity contribution is 0.111. The van der Waals surface area contributed by atoms with Crippen molar-refractivity contribution in [2.24, 2.45) is 0 Å². The van der Waals surface area contributed by atoms with Gasteiger partial charge in [-0.15, -0.1) is 0 Å². The fraction of sp³-hybridized carbons (Fsp3) is 0.562. The van der Waals surface area contributed by atoms with Gasteiger partial charge >= 0.3 is 0 Å². The van der Waals surface area contributed by atoms with Gasteiger partial charge in [-0.3, -0.25) is 0 Å². The highest BCUT2D eigenvalue weighted by Gasteiger charge is 2.25. The molecule has 0 amide bonds. The molecule has 1 N–H and O–H groups in total. The second-order valence-corrected chi connectivity index (χ2v) is 5.67. The second-order valence-electron chi connectivity index (χ2n) is 5.67. The molecule has 4 heteroatoms. The summed E-state index contributed by atoms with van der Waals surface area (Å²) in [6, 6.07) is 3.63. The molecule has 0 unspecified atom stereocenters. The van der Waals surface area contributed by atoms with E-state index in [1.165, 1.54) is 12.0 Å². The largest absolute Gasteiger partial charge is 0.488 e. The van der Waals surface area contributed by atoms with Crippen molar-refractivity contribution in [1.82, 2.24) is 4.98 Å². The summed E-state index contributed by atoms with van der Waals surface area (Å²) >= 11 is 0. The van der Waals surface area contributed by atoms with Gasteiger partial charge < -0.3 is 14.6 Å². The molecule has 0 radical (unpaired) electrons. The minimum absolute atomic E-state index is 0.521. The Morgan fingerprint density at radius 1 is 1.25 bits per heavy atom. The van der Waals surface area contributed by atoms with Gasteiger partial charge in [-0.05, 0) is 56.7 Å². The molecule has 0 saturated heterocycles. The topological polar surface area (TPSA) is 51.6 Å². The Balaban J connectivity index is 2.05. The molecule has 0 aromatic carbocycles. The molecule has 1 aromatic heterocycles. The van der Waals surface area contributed by atoms with E-state index in [2.05, 4.69) is 4.98 Å². The molecule has 110 valence electrons. The van der Waals surface area contributed by atoms with E-state index in [1.807, 2.05) is 19.9 Å². The number of hydrogen-bond acceptors (Lipinski definition) is 4. The van der Waals surface area contributed by atoms with Crippen molar-refractivity contribution < 1.29 is 14.6 Å². The molecule has 20 heavy (non-hydrogen) atoms. The summed E-state index contributed by atoms with van der Waals surface area (Å²) < 4.78 is 10.8. The second kappa shape index (κ2) is 6.27. The molecule has 4 nitrogen and oxygen atoms in total. The van der Waals surface area contributed by atoms with Crippen LogP contribution in [0.2, 0.25) is 0 Å². The summed E-state index contributed by atoms with van der Waals surface area (Å²) in [6.45, 7) is 4.22. The summed E-state index contributed by atoms with van der Waals surface area (Å²) in [6.07, 6.45) is 5.93. The maximum Gasteiger partial charge on any atom is 0.213 e.